The number of rotatable bonds is 7. The Morgan fingerprint density at radius 2 is 1.52 bits per heavy atom. The van der Waals surface area contributed by atoms with Crippen LogP contribution in [0.1, 0.15) is 67.8 Å². The molecule has 0 aliphatic heterocycles. The zero-order valence-electron chi connectivity index (χ0n) is 15.8. The summed E-state index contributed by atoms with van der Waals surface area (Å²) < 4.78 is 28.6. The fourth-order valence-corrected chi connectivity index (χ4v) is 4.56. The summed E-state index contributed by atoms with van der Waals surface area (Å²) in [4.78, 5) is 0.363. The maximum absolute atomic E-state index is 12.9. The van der Waals surface area contributed by atoms with Crippen LogP contribution in [-0.2, 0) is 10.0 Å². The third-order valence-electron chi connectivity index (χ3n) is 4.86. The third-order valence-corrected chi connectivity index (χ3v) is 6.47. The van der Waals surface area contributed by atoms with Gasteiger partial charge in [-0.3, -0.25) is 0 Å². The summed E-state index contributed by atoms with van der Waals surface area (Å²) in [5.74, 6) is 0.515. The second-order valence-electron chi connectivity index (χ2n) is 6.83. The quantitative estimate of drug-likeness (QED) is 0.734. The van der Waals surface area contributed by atoms with Crippen LogP contribution in [0, 0.1) is 13.8 Å². The maximum Gasteiger partial charge on any atom is 0.241 e. The van der Waals surface area contributed by atoms with E-state index in [1.165, 1.54) is 5.56 Å². The molecule has 2 aromatic carbocycles. The molecule has 0 aliphatic carbocycles. The molecule has 25 heavy (non-hydrogen) atoms. The van der Waals surface area contributed by atoms with Crippen LogP contribution < -0.4 is 4.72 Å². The van der Waals surface area contributed by atoms with Crippen LogP contribution in [0.3, 0.4) is 0 Å². The van der Waals surface area contributed by atoms with Crippen molar-refractivity contribution in [2.24, 2.45) is 0 Å². The average molecular weight is 360 g/mol. The molecule has 0 aromatic heterocycles. The lowest BCUT2D eigenvalue weighted by Gasteiger charge is -2.19. The first-order chi connectivity index (χ1) is 11.8. The van der Waals surface area contributed by atoms with Crippen molar-refractivity contribution in [3.63, 3.8) is 0 Å². The Morgan fingerprint density at radius 1 is 0.920 bits per heavy atom. The van der Waals surface area contributed by atoms with Crippen molar-refractivity contribution in [2.45, 2.75) is 64.3 Å². The number of aryl methyl sites for hydroxylation is 2. The van der Waals surface area contributed by atoms with Gasteiger partial charge >= 0.3 is 0 Å². The van der Waals surface area contributed by atoms with Crippen molar-refractivity contribution in [3.8, 4) is 0 Å². The number of benzene rings is 2. The highest BCUT2D eigenvalue weighted by Crippen LogP contribution is 2.25. The molecule has 2 atom stereocenters. The Labute approximate surface area is 152 Å². The molecule has 0 saturated carbocycles. The Kier molecular flexibility index (Phi) is 6.42. The normalized spacial score (nSPS) is 14.3. The highest BCUT2D eigenvalue weighted by molar-refractivity contribution is 7.89. The predicted octanol–water partition coefficient (Wildman–Crippen LogP) is 5.25. The molecule has 0 aliphatic rings. The van der Waals surface area contributed by atoms with Crippen molar-refractivity contribution in [3.05, 3.63) is 64.7 Å². The van der Waals surface area contributed by atoms with E-state index in [-0.39, 0.29) is 6.04 Å². The highest BCUT2D eigenvalue weighted by Gasteiger charge is 2.22. The van der Waals surface area contributed by atoms with Crippen LogP contribution in [0.2, 0.25) is 0 Å². The SMILES string of the molecule is CCC(C)c1ccc(C(CC)NS(=O)(=O)c2cc(C)ccc2C)cc1. The Bertz CT molecular complexity index is 810. The van der Waals surface area contributed by atoms with E-state index in [9.17, 15) is 8.42 Å². The first-order valence-corrected chi connectivity index (χ1v) is 10.5. The molecule has 0 radical (unpaired) electrons. The molecular weight excluding hydrogens is 330 g/mol. The minimum absolute atomic E-state index is 0.226. The van der Waals surface area contributed by atoms with Gasteiger partial charge in [0, 0.05) is 6.04 Å². The molecule has 1 N–H and O–H groups in total. The lowest BCUT2D eigenvalue weighted by atomic mass is 9.96. The van der Waals surface area contributed by atoms with Gasteiger partial charge in [-0.25, -0.2) is 13.1 Å². The van der Waals surface area contributed by atoms with Gasteiger partial charge in [0.25, 0.3) is 0 Å². The van der Waals surface area contributed by atoms with Crippen molar-refractivity contribution >= 4 is 10.0 Å². The van der Waals surface area contributed by atoms with Crippen LogP contribution >= 0.6 is 0 Å². The number of nitrogens with one attached hydrogen (secondary N) is 1. The molecule has 0 bridgehead atoms. The maximum atomic E-state index is 12.9. The summed E-state index contributed by atoms with van der Waals surface area (Å²) in [7, 11) is -3.55. The molecule has 0 saturated heterocycles. The molecule has 0 heterocycles. The summed E-state index contributed by atoms with van der Waals surface area (Å²) in [6.45, 7) is 10.1. The van der Waals surface area contributed by atoms with Gasteiger partial charge in [0.05, 0.1) is 4.90 Å². The van der Waals surface area contributed by atoms with Gasteiger partial charge < -0.3 is 0 Å². The topological polar surface area (TPSA) is 46.2 Å². The molecule has 2 rings (SSSR count). The molecule has 2 unspecified atom stereocenters. The van der Waals surface area contributed by atoms with E-state index in [1.54, 1.807) is 6.07 Å². The van der Waals surface area contributed by atoms with E-state index in [1.807, 2.05) is 45.0 Å². The molecule has 136 valence electrons. The van der Waals surface area contributed by atoms with E-state index in [2.05, 4.69) is 30.7 Å². The van der Waals surface area contributed by atoms with Gasteiger partial charge in [0.1, 0.15) is 0 Å². The molecule has 4 heteroatoms. The molecule has 2 aromatic rings. The third kappa shape index (κ3) is 4.71. The van der Waals surface area contributed by atoms with E-state index in [4.69, 9.17) is 0 Å². The van der Waals surface area contributed by atoms with Crippen molar-refractivity contribution in [1.82, 2.24) is 4.72 Å². The van der Waals surface area contributed by atoms with E-state index in [0.717, 1.165) is 23.1 Å². The first kappa shape index (κ1) is 19.7. The van der Waals surface area contributed by atoms with E-state index >= 15 is 0 Å². The van der Waals surface area contributed by atoms with Gasteiger partial charge in [0.15, 0.2) is 0 Å². The molecule has 0 spiro atoms. The lowest BCUT2D eigenvalue weighted by Crippen LogP contribution is -2.29. The van der Waals surface area contributed by atoms with E-state index < -0.39 is 10.0 Å². The first-order valence-electron chi connectivity index (χ1n) is 8.98. The summed E-state index contributed by atoms with van der Waals surface area (Å²) in [5, 5.41) is 0. The standard InChI is InChI=1S/C21H29NO2S/c1-6-16(4)18-10-12-19(13-11-18)20(7-2)22-25(23,24)21-14-15(3)8-9-17(21)5/h8-14,16,20,22H,6-7H2,1-5H3. The van der Waals surface area contributed by atoms with Crippen molar-refractivity contribution in [1.29, 1.82) is 0 Å². The van der Waals surface area contributed by atoms with Crippen LogP contribution in [0.15, 0.2) is 47.4 Å². The fourth-order valence-electron chi connectivity index (χ4n) is 2.93. The Morgan fingerprint density at radius 3 is 2.08 bits per heavy atom. The summed E-state index contributed by atoms with van der Waals surface area (Å²) in [6.07, 6.45) is 1.79. The monoisotopic (exact) mass is 359 g/mol. The predicted molar refractivity (Wildman–Crippen MR) is 104 cm³/mol. The van der Waals surface area contributed by atoms with Gasteiger partial charge in [-0.15, -0.1) is 0 Å². The smallest absolute Gasteiger partial charge is 0.207 e. The lowest BCUT2D eigenvalue weighted by molar-refractivity contribution is 0.549. The second kappa shape index (κ2) is 8.15. The number of hydrogen-bond donors (Lipinski definition) is 1. The summed E-state index contributed by atoms with van der Waals surface area (Å²) in [6, 6.07) is 13.6. The average Bonchev–Trinajstić information content (AvgIpc) is 2.61. The molecule has 3 nitrogen and oxygen atoms in total. The molecule has 0 fully saturated rings. The zero-order chi connectivity index (χ0) is 18.6. The minimum atomic E-state index is -3.55. The number of hydrogen-bond acceptors (Lipinski definition) is 2. The van der Waals surface area contributed by atoms with Crippen LogP contribution in [0.5, 0.6) is 0 Å². The highest BCUT2D eigenvalue weighted by atomic mass is 32.2. The van der Waals surface area contributed by atoms with E-state index in [0.29, 0.717) is 17.2 Å². The van der Waals surface area contributed by atoms with Crippen molar-refractivity contribution in [2.75, 3.05) is 0 Å². The van der Waals surface area contributed by atoms with Crippen molar-refractivity contribution < 1.29 is 8.42 Å². The minimum Gasteiger partial charge on any atom is -0.207 e. The second-order valence-corrected chi connectivity index (χ2v) is 8.51. The Balaban J connectivity index is 2.28. The van der Waals surface area contributed by atoms with Crippen LogP contribution in [0.25, 0.3) is 0 Å². The fraction of sp³-hybridized carbons (Fsp3) is 0.429. The largest absolute Gasteiger partial charge is 0.241 e. The Hall–Kier alpha value is -1.65. The van der Waals surface area contributed by atoms with Gasteiger partial charge in [-0.1, -0.05) is 57.2 Å². The summed E-state index contributed by atoms with van der Waals surface area (Å²) in [5.41, 5.74) is 4.00. The zero-order valence-corrected chi connectivity index (χ0v) is 16.7. The van der Waals surface area contributed by atoms with Crippen LogP contribution in [-0.4, -0.2) is 8.42 Å². The van der Waals surface area contributed by atoms with Gasteiger partial charge in [-0.2, -0.15) is 0 Å². The number of sulfonamides is 1. The summed E-state index contributed by atoms with van der Waals surface area (Å²) >= 11 is 0. The molecular formula is C21H29NO2S. The van der Waals surface area contributed by atoms with Gasteiger partial charge in [-0.05, 0) is 60.9 Å². The van der Waals surface area contributed by atoms with Crippen LogP contribution in [0.4, 0.5) is 0 Å². The molecule has 0 amide bonds. The van der Waals surface area contributed by atoms with Gasteiger partial charge in [0.2, 0.25) is 10.0 Å².